The van der Waals surface area contributed by atoms with Crippen LogP contribution in [0, 0.1) is 5.92 Å². The lowest BCUT2D eigenvalue weighted by Gasteiger charge is -2.44. The fourth-order valence-corrected chi connectivity index (χ4v) is 3.28. The molecule has 3 nitrogen and oxygen atoms in total. The number of carbonyl (C=O) groups is 1. The van der Waals surface area contributed by atoms with E-state index in [0.717, 1.165) is 17.7 Å². The molecule has 0 radical (unpaired) electrons. The van der Waals surface area contributed by atoms with Gasteiger partial charge in [-0.1, -0.05) is 30.3 Å². The Kier molecular flexibility index (Phi) is 3.88. The zero-order valence-electron chi connectivity index (χ0n) is 12.0. The number of carbonyl (C=O) groups excluding carboxylic acids is 1. The summed E-state index contributed by atoms with van der Waals surface area (Å²) < 4.78 is 0. The van der Waals surface area contributed by atoms with Gasteiger partial charge in [0.1, 0.15) is 0 Å². The monoisotopic (exact) mass is 270 g/mol. The third-order valence-electron chi connectivity index (χ3n) is 4.51. The maximum Gasteiger partial charge on any atom is 0.247 e. The lowest BCUT2D eigenvalue weighted by atomic mass is 9.84. The molecule has 4 rings (SSSR count). The fourth-order valence-electron chi connectivity index (χ4n) is 3.28. The Bertz CT molecular complexity index is 501. The van der Waals surface area contributed by atoms with Crippen molar-refractivity contribution in [2.24, 2.45) is 5.92 Å². The van der Waals surface area contributed by atoms with Gasteiger partial charge in [-0.15, -0.1) is 0 Å². The summed E-state index contributed by atoms with van der Waals surface area (Å²) in [6.07, 6.45) is 4.41. The number of fused-ring (bicyclic) bond motifs is 3. The van der Waals surface area contributed by atoms with Crippen LogP contribution in [-0.2, 0) is 4.79 Å². The topological polar surface area (TPSA) is 32.3 Å². The van der Waals surface area contributed by atoms with Gasteiger partial charge in [-0.2, -0.15) is 0 Å². The second kappa shape index (κ2) is 5.80. The Hall–Kier alpha value is -1.61. The van der Waals surface area contributed by atoms with Crippen molar-refractivity contribution >= 4 is 12.0 Å². The molecule has 1 N–H and O–H groups in total. The summed E-state index contributed by atoms with van der Waals surface area (Å²) in [7, 11) is 0. The molecule has 1 aromatic carbocycles. The van der Waals surface area contributed by atoms with Gasteiger partial charge in [0, 0.05) is 18.2 Å². The van der Waals surface area contributed by atoms with Gasteiger partial charge in [0.05, 0.1) is 0 Å². The van der Waals surface area contributed by atoms with Gasteiger partial charge in [0.15, 0.2) is 0 Å². The summed E-state index contributed by atoms with van der Waals surface area (Å²) in [5.41, 5.74) is 1.86. The van der Waals surface area contributed by atoms with Gasteiger partial charge in [0.2, 0.25) is 5.91 Å². The van der Waals surface area contributed by atoms with Crippen LogP contribution in [-0.4, -0.2) is 36.5 Å². The molecule has 3 fully saturated rings. The van der Waals surface area contributed by atoms with Crippen LogP contribution in [0.25, 0.3) is 6.08 Å². The maximum atomic E-state index is 12.3. The predicted octanol–water partition coefficient (Wildman–Crippen LogP) is 2.30. The Labute approximate surface area is 120 Å². The number of hydrogen-bond acceptors (Lipinski definition) is 2. The zero-order chi connectivity index (χ0) is 13.9. The molecular weight excluding hydrogens is 248 g/mol. The smallest absolute Gasteiger partial charge is 0.247 e. The normalized spacial score (nSPS) is 29.2. The molecule has 0 aliphatic carbocycles. The minimum atomic E-state index is 0.0765. The minimum Gasteiger partial charge on any atom is -0.348 e. The van der Waals surface area contributed by atoms with Crippen LogP contribution in [0.4, 0.5) is 0 Å². The Morgan fingerprint density at radius 2 is 1.95 bits per heavy atom. The van der Waals surface area contributed by atoms with Crippen LogP contribution in [0.3, 0.4) is 0 Å². The lowest BCUT2D eigenvalue weighted by molar-refractivity contribution is -0.119. The van der Waals surface area contributed by atoms with Crippen molar-refractivity contribution < 1.29 is 4.79 Å². The van der Waals surface area contributed by atoms with Crippen LogP contribution in [0.1, 0.15) is 25.3 Å². The minimum absolute atomic E-state index is 0.0765. The van der Waals surface area contributed by atoms with Crippen molar-refractivity contribution in [2.75, 3.05) is 19.6 Å². The van der Waals surface area contributed by atoms with Crippen LogP contribution in [0.5, 0.6) is 0 Å². The fraction of sp³-hybridized carbons (Fsp3) is 0.471. The van der Waals surface area contributed by atoms with Gasteiger partial charge in [-0.25, -0.2) is 0 Å². The molecule has 0 aromatic heterocycles. The number of hydrogen-bond donors (Lipinski definition) is 1. The molecular formula is C17H22N2O. The molecule has 20 heavy (non-hydrogen) atoms. The molecule has 3 saturated heterocycles. The second-order valence-corrected chi connectivity index (χ2v) is 5.96. The quantitative estimate of drug-likeness (QED) is 0.855. The maximum absolute atomic E-state index is 12.3. The molecule has 3 aliphatic rings. The Morgan fingerprint density at radius 1 is 1.25 bits per heavy atom. The molecule has 0 saturated carbocycles. The molecule has 1 unspecified atom stereocenters. The average molecular weight is 270 g/mol. The summed E-state index contributed by atoms with van der Waals surface area (Å²) in [5.74, 6) is 0.751. The molecule has 1 atom stereocenters. The summed E-state index contributed by atoms with van der Waals surface area (Å²) in [4.78, 5) is 14.8. The van der Waals surface area contributed by atoms with Gasteiger partial charge in [0.25, 0.3) is 0 Å². The molecule has 2 bridgehead atoms. The molecule has 1 amide bonds. The summed E-state index contributed by atoms with van der Waals surface area (Å²) in [5, 5.41) is 3.22. The van der Waals surface area contributed by atoms with Gasteiger partial charge < -0.3 is 10.2 Å². The van der Waals surface area contributed by atoms with Crippen LogP contribution < -0.4 is 5.32 Å². The average Bonchev–Trinajstić information content (AvgIpc) is 2.49. The summed E-state index contributed by atoms with van der Waals surface area (Å²) in [6.45, 7) is 5.32. The molecule has 3 aliphatic heterocycles. The first-order valence-electron chi connectivity index (χ1n) is 7.49. The van der Waals surface area contributed by atoms with E-state index in [1.165, 1.54) is 25.9 Å². The van der Waals surface area contributed by atoms with E-state index in [4.69, 9.17) is 0 Å². The van der Waals surface area contributed by atoms with Crippen molar-refractivity contribution in [2.45, 2.75) is 25.8 Å². The van der Waals surface area contributed by atoms with Crippen molar-refractivity contribution in [3.63, 3.8) is 0 Å². The molecule has 1 aromatic rings. The third-order valence-corrected chi connectivity index (χ3v) is 4.51. The number of benzene rings is 1. The number of rotatable bonds is 3. The Balaban J connectivity index is 1.63. The second-order valence-electron chi connectivity index (χ2n) is 5.96. The highest BCUT2D eigenvalue weighted by Crippen LogP contribution is 2.27. The lowest BCUT2D eigenvalue weighted by Crippen LogP contribution is -2.57. The van der Waals surface area contributed by atoms with Crippen LogP contribution in [0.15, 0.2) is 35.9 Å². The largest absolute Gasteiger partial charge is 0.348 e. The zero-order valence-corrected chi connectivity index (χ0v) is 12.0. The third kappa shape index (κ3) is 2.93. The van der Waals surface area contributed by atoms with Crippen LogP contribution in [0.2, 0.25) is 0 Å². The molecule has 3 heterocycles. The number of nitrogens with one attached hydrogen (secondary N) is 1. The first kappa shape index (κ1) is 13.4. The predicted molar refractivity (Wildman–Crippen MR) is 81.2 cm³/mol. The molecule has 106 valence electrons. The van der Waals surface area contributed by atoms with Gasteiger partial charge in [-0.3, -0.25) is 4.79 Å². The van der Waals surface area contributed by atoms with Gasteiger partial charge >= 0.3 is 0 Å². The molecule has 0 spiro atoms. The van der Waals surface area contributed by atoms with E-state index in [9.17, 15) is 4.79 Å². The first-order valence-corrected chi connectivity index (χ1v) is 7.49. The summed E-state index contributed by atoms with van der Waals surface area (Å²) in [6, 6.07) is 10.3. The van der Waals surface area contributed by atoms with Gasteiger partial charge in [-0.05, 0) is 50.4 Å². The standard InChI is InChI=1S/C17H22N2O/c1-13(11-14-5-3-2-4-6-14)17(20)18-16-12-19-9-7-15(16)8-10-19/h2-6,11,15-16H,7-10,12H2,1H3,(H,18,20). The highest BCUT2D eigenvalue weighted by atomic mass is 16.1. The van der Waals surface area contributed by atoms with E-state index in [-0.39, 0.29) is 5.91 Å². The Morgan fingerprint density at radius 3 is 2.55 bits per heavy atom. The van der Waals surface area contributed by atoms with E-state index in [0.29, 0.717) is 12.0 Å². The van der Waals surface area contributed by atoms with E-state index in [2.05, 4.69) is 10.2 Å². The molecule has 3 heteroatoms. The van der Waals surface area contributed by atoms with Crippen molar-refractivity contribution in [1.29, 1.82) is 0 Å². The number of nitrogens with zero attached hydrogens (tertiary/aromatic N) is 1. The van der Waals surface area contributed by atoms with Crippen LogP contribution >= 0.6 is 0 Å². The highest BCUT2D eigenvalue weighted by molar-refractivity contribution is 5.97. The van der Waals surface area contributed by atoms with E-state index < -0.39 is 0 Å². The van der Waals surface area contributed by atoms with Crippen molar-refractivity contribution in [1.82, 2.24) is 10.2 Å². The van der Waals surface area contributed by atoms with Crippen molar-refractivity contribution in [3.05, 3.63) is 41.5 Å². The van der Waals surface area contributed by atoms with E-state index in [1.807, 2.05) is 43.3 Å². The van der Waals surface area contributed by atoms with Crippen molar-refractivity contribution in [3.8, 4) is 0 Å². The van der Waals surface area contributed by atoms with E-state index in [1.54, 1.807) is 0 Å². The number of piperidine rings is 3. The first-order chi connectivity index (χ1) is 9.72. The summed E-state index contributed by atoms with van der Waals surface area (Å²) >= 11 is 0. The number of amides is 1. The SMILES string of the molecule is CC(=Cc1ccccc1)C(=O)NC1CN2CCC1CC2. The van der Waals surface area contributed by atoms with E-state index >= 15 is 0 Å². The highest BCUT2D eigenvalue weighted by Gasteiger charge is 2.34.